The molecule has 3 heterocycles. The number of halogens is 2. The van der Waals surface area contributed by atoms with Crippen LogP contribution in [0.15, 0.2) is 71.7 Å². The van der Waals surface area contributed by atoms with Crippen LogP contribution in [0.3, 0.4) is 0 Å². The molecule has 200 valence electrons. The van der Waals surface area contributed by atoms with Crippen molar-refractivity contribution >= 4 is 39.1 Å². The second-order valence-electron chi connectivity index (χ2n) is 10.3. The number of fused-ring (bicyclic) bond motifs is 2. The van der Waals surface area contributed by atoms with Crippen molar-refractivity contribution in [3.63, 3.8) is 0 Å². The van der Waals surface area contributed by atoms with E-state index in [1.165, 1.54) is 16.7 Å². The minimum absolute atomic E-state index is 0.0377. The number of benzene rings is 2. The summed E-state index contributed by atoms with van der Waals surface area (Å²) in [5.41, 5.74) is 7.62. The second-order valence-corrected chi connectivity index (χ2v) is 11.7. The third kappa shape index (κ3) is 5.79. The van der Waals surface area contributed by atoms with Crippen LogP contribution in [0.5, 0.6) is 0 Å². The van der Waals surface area contributed by atoms with Gasteiger partial charge in [0.15, 0.2) is 0 Å². The normalized spacial score (nSPS) is 19.2. The van der Waals surface area contributed by atoms with E-state index in [1.807, 2.05) is 54.5 Å². The Labute approximate surface area is 241 Å². The molecule has 6 rings (SSSR count). The van der Waals surface area contributed by atoms with Gasteiger partial charge >= 0.3 is 0 Å². The topological polar surface area (TPSA) is 75.1 Å². The van der Waals surface area contributed by atoms with Crippen LogP contribution in [-0.2, 0) is 24.2 Å². The molecule has 1 amide bonds. The summed E-state index contributed by atoms with van der Waals surface area (Å²) >= 11 is 9.99. The van der Waals surface area contributed by atoms with Gasteiger partial charge in [-0.3, -0.25) is 14.7 Å². The Balaban J connectivity index is 1.22. The van der Waals surface area contributed by atoms with Gasteiger partial charge in [0.2, 0.25) is 5.91 Å². The van der Waals surface area contributed by atoms with E-state index in [-0.39, 0.29) is 18.0 Å². The number of hydrogen-bond acceptors (Lipinski definition) is 5. The molecule has 2 N–H and O–H groups in total. The number of aromatic nitrogens is 3. The van der Waals surface area contributed by atoms with Gasteiger partial charge in [-0.05, 0) is 88.3 Å². The van der Waals surface area contributed by atoms with Crippen LogP contribution < -0.4 is 10.6 Å². The van der Waals surface area contributed by atoms with Crippen molar-refractivity contribution in [2.45, 2.75) is 38.4 Å². The van der Waals surface area contributed by atoms with Crippen molar-refractivity contribution in [2.24, 2.45) is 0 Å². The van der Waals surface area contributed by atoms with Crippen LogP contribution in [0.4, 0.5) is 5.69 Å². The first-order chi connectivity index (χ1) is 18.9. The summed E-state index contributed by atoms with van der Waals surface area (Å²) < 4.78 is 3.02. The van der Waals surface area contributed by atoms with Crippen LogP contribution in [0.1, 0.15) is 39.7 Å². The fourth-order valence-electron chi connectivity index (χ4n) is 5.71. The van der Waals surface area contributed by atoms with E-state index in [9.17, 15) is 4.79 Å². The van der Waals surface area contributed by atoms with Gasteiger partial charge in [-0.25, -0.2) is 4.98 Å². The van der Waals surface area contributed by atoms with E-state index in [0.29, 0.717) is 19.6 Å². The smallest absolute Gasteiger partial charge is 0.242 e. The number of piperazine rings is 1. The summed E-state index contributed by atoms with van der Waals surface area (Å²) in [4.78, 5) is 25.0. The van der Waals surface area contributed by atoms with Crippen molar-refractivity contribution in [1.82, 2.24) is 24.8 Å². The molecule has 2 unspecified atom stereocenters. The molecular weight excluding hydrogens is 576 g/mol. The lowest BCUT2D eigenvalue weighted by molar-refractivity contribution is -0.119. The van der Waals surface area contributed by atoms with Crippen LogP contribution in [0, 0.1) is 6.92 Å². The quantitative estimate of drug-likeness (QED) is 0.329. The maximum absolute atomic E-state index is 13.5. The third-order valence-corrected chi connectivity index (χ3v) is 8.17. The molecule has 7 nitrogen and oxygen atoms in total. The molecule has 4 aromatic rings. The molecular formula is C30H30BrClN6O. The zero-order valence-electron chi connectivity index (χ0n) is 21.7. The van der Waals surface area contributed by atoms with E-state index in [1.54, 1.807) is 0 Å². The van der Waals surface area contributed by atoms with Gasteiger partial charge < -0.3 is 15.2 Å². The maximum atomic E-state index is 13.5. The summed E-state index contributed by atoms with van der Waals surface area (Å²) in [5, 5.41) is 7.32. The summed E-state index contributed by atoms with van der Waals surface area (Å²) in [6, 6.07) is 15.9. The Bertz CT molecular complexity index is 1470. The standard InChI is InChI=1S/C30H30BrClN6O/c1-19-15-37(18-35-19)16-20-3-2-4-25(11-20)36-30(39)27-17-38(10-9-33-27)29-26-8-7-24(32)13-21(26)5-6-22-12-23(31)14-34-28(22)29/h2-4,7-8,11-15,18,27,29,33H,5-6,9-10,16-17H2,1H3,(H,36,39). The molecule has 0 radical (unpaired) electrons. The lowest BCUT2D eigenvalue weighted by atomic mass is 9.95. The zero-order valence-corrected chi connectivity index (χ0v) is 24.0. The van der Waals surface area contributed by atoms with Gasteiger partial charge in [-0.15, -0.1) is 0 Å². The van der Waals surface area contributed by atoms with Gasteiger partial charge in [0.25, 0.3) is 0 Å². The summed E-state index contributed by atoms with van der Waals surface area (Å²) in [7, 11) is 0. The molecule has 0 bridgehead atoms. The van der Waals surface area contributed by atoms with Crippen LogP contribution in [0.2, 0.25) is 5.02 Å². The summed E-state index contributed by atoms with van der Waals surface area (Å²) in [6.07, 6.45) is 7.51. The molecule has 1 saturated heterocycles. The number of hydrogen-bond donors (Lipinski definition) is 2. The number of amides is 1. The Morgan fingerprint density at radius 1 is 1.15 bits per heavy atom. The molecule has 0 saturated carbocycles. The number of anilines is 1. The number of pyridine rings is 1. The van der Waals surface area contributed by atoms with E-state index < -0.39 is 0 Å². The number of imidazole rings is 1. The van der Waals surface area contributed by atoms with E-state index in [2.05, 4.69) is 60.7 Å². The SMILES string of the molecule is Cc1cn(Cc2cccc(NC(=O)C3CN(C4c5ccc(Cl)cc5CCc5cc(Br)cnc54)CCN3)c2)cn1. The molecule has 9 heteroatoms. The predicted molar refractivity (Wildman–Crippen MR) is 157 cm³/mol. The van der Waals surface area contributed by atoms with Crippen molar-refractivity contribution in [3.8, 4) is 0 Å². The van der Waals surface area contributed by atoms with E-state index >= 15 is 0 Å². The monoisotopic (exact) mass is 604 g/mol. The second kappa shape index (κ2) is 11.2. The van der Waals surface area contributed by atoms with Crippen molar-refractivity contribution in [2.75, 3.05) is 25.0 Å². The Hall–Kier alpha value is -3.04. The van der Waals surface area contributed by atoms with Crippen molar-refractivity contribution in [1.29, 1.82) is 0 Å². The lowest BCUT2D eigenvalue weighted by Crippen LogP contribution is -2.56. The maximum Gasteiger partial charge on any atom is 0.242 e. The summed E-state index contributed by atoms with van der Waals surface area (Å²) in [5.74, 6) is -0.0377. The zero-order chi connectivity index (χ0) is 26.9. The fraction of sp³-hybridized carbons (Fsp3) is 0.300. The molecule has 39 heavy (non-hydrogen) atoms. The van der Waals surface area contributed by atoms with Gasteiger partial charge in [0.1, 0.15) is 0 Å². The van der Waals surface area contributed by atoms with Gasteiger partial charge in [0, 0.05) is 53.8 Å². The van der Waals surface area contributed by atoms with Gasteiger partial charge in [-0.1, -0.05) is 29.8 Å². The number of nitrogens with one attached hydrogen (secondary N) is 2. The number of aryl methyl sites for hydroxylation is 3. The van der Waals surface area contributed by atoms with E-state index in [4.69, 9.17) is 16.6 Å². The van der Waals surface area contributed by atoms with Gasteiger partial charge in [-0.2, -0.15) is 0 Å². The highest BCUT2D eigenvalue weighted by molar-refractivity contribution is 9.10. The van der Waals surface area contributed by atoms with Crippen LogP contribution in [0.25, 0.3) is 0 Å². The molecule has 2 atom stereocenters. The first kappa shape index (κ1) is 26.2. The predicted octanol–water partition coefficient (Wildman–Crippen LogP) is 5.15. The molecule has 2 aromatic heterocycles. The highest BCUT2D eigenvalue weighted by atomic mass is 79.9. The highest BCUT2D eigenvalue weighted by Crippen LogP contribution is 2.38. The minimum atomic E-state index is -0.350. The number of carbonyl (C=O) groups is 1. The fourth-order valence-corrected chi connectivity index (χ4v) is 6.28. The van der Waals surface area contributed by atoms with Crippen LogP contribution in [-0.4, -0.2) is 51.0 Å². The molecule has 1 fully saturated rings. The van der Waals surface area contributed by atoms with Crippen molar-refractivity contribution in [3.05, 3.63) is 110 Å². The lowest BCUT2D eigenvalue weighted by Gasteiger charge is -2.39. The minimum Gasteiger partial charge on any atom is -0.333 e. The van der Waals surface area contributed by atoms with Crippen LogP contribution >= 0.6 is 27.5 Å². The molecule has 1 aliphatic carbocycles. The third-order valence-electron chi connectivity index (χ3n) is 7.50. The Morgan fingerprint density at radius 2 is 2.03 bits per heavy atom. The highest BCUT2D eigenvalue weighted by Gasteiger charge is 2.35. The molecule has 2 aliphatic rings. The molecule has 1 aliphatic heterocycles. The Kier molecular flexibility index (Phi) is 7.53. The average Bonchev–Trinajstić information content (AvgIpc) is 3.26. The first-order valence-corrected chi connectivity index (χ1v) is 14.4. The van der Waals surface area contributed by atoms with Gasteiger partial charge in [0.05, 0.1) is 29.8 Å². The largest absolute Gasteiger partial charge is 0.333 e. The average molecular weight is 606 g/mol. The first-order valence-electron chi connectivity index (χ1n) is 13.2. The van der Waals surface area contributed by atoms with E-state index in [0.717, 1.165) is 51.5 Å². The number of nitrogens with zero attached hydrogens (tertiary/aromatic N) is 4. The number of rotatable bonds is 5. The molecule has 0 spiro atoms. The van der Waals surface area contributed by atoms with Crippen molar-refractivity contribution < 1.29 is 4.79 Å². The summed E-state index contributed by atoms with van der Waals surface area (Å²) in [6.45, 7) is 4.78. The molecule has 2 aromatic carbocycles. The number of carbonyl (C=O) groups excluding carboxylic acids is 1. The Morgan fingerprint density at radius 3 is 2.87 bits per heavy atom.